The van der Waals surface area contributed by atoms with Crippen molar-refractivity contribution >= 4 is 23.2 Å². The molecule has 1 aromatic rings. The van der Waals surface area contributed by atoms with Crippen molar-refractivity contribution in [3.05, 3.63) is 16.1 Å². The van der Waals surface area contributed by atoms with Crippen molar-refractivity contribution < 1.29 is 14.7 Å². The van der Waals surface area contributed by atoms with E-state index in [1.54, 1.807) is 0 Å². The molecule has 1 amide bonds. The first-order valence-electron chi connectivity index (χ1n) is 5.11. The van der Waals surface area contributed by atoms with Crippen LogP contribution in [0, 0.1) is 5.92 Å². The number of hydrogen-bond acceptors (Lipinski definition) is 4. The number of nitrogens with one attached hydrogen (secondary N) is 1. The number of rotatable bonds is 4. The summed E-state index contributed by atoms with van der Waals surface area (Å²) in [6, 6.07) is 0.245. The van der Waals surface area contributed by atoms with E-state index in [2.05, 4.69) is 17.2 Å². The van der Waals surface area contributed by atoms with Crippen LogP contribution in [-0.4, -0.2) is 28.0 Å². The van der Waals surface area contributed by atoms with Crippen LogP contribution in [-0.2, 0) is 0 Å². The van der Waals surface area contributed by atoms with Crippen LogP contribution < -0.4 is 5.32 Å². The number of carboxylic acids is 1. The molecule has 1 aliphatic carbocycles. The highest BCUT2D eigenvalue weighted by molar-refractivity contribution is 7.11. The third-order valence-electron chi connectivity index (χ3n) is 2.68. The minimum atomic E-state index is -1.10. The van der Waals surface area contributed by atoms with Gasteiger partial charge >= 0.3 is 5.97 Å². The minimum absolute atomic E-state index is 0.0713. The molecular formula is C10H12N2O3S. The third-order valence-corrected chi connectivity index (χ3v) is 3.52. The highest BCUT2D eigenvalue weighted by atomic mass is 32.1. The molecule has 1 fully saturated rings. The Morgan fingerprint density at radius 2 is 2.44 bits per heavy atom. The Hall–Kier alpha value is -1.43. The van der Waals surface area contributed by atoms with Gasteiger partial charge in [-0.25, -0.2) is 9.78 Å². The second-order valence-electron chi connectivity index (χ2n) is 3.83. The fourth-order valence-corrected chi connectivity index (χ4v) is 2.28. The van der Waals surface area contributed by atoms with Gasteiger partial charge in [-0.05, 0) is 12.3 Å². The zero-order valence-corrected chi connectivity index (χ0v) is 9.58. The molecule has 1 heterocycles. The van der Waals surface area contributed by atoms with E-state index >= 15 is 0 Å². The van der Waals surface area contributed by atoms with Crippen LogP contribution in [0.3, 0.4) is 0 Å². The van der Waals surface area contributed by atoms with Crippen molar-refractivity contribution in [2.75, 3.05) is 0 Å². The first kappa shape index (κ1) is 11.1. The average Bonchev–Trinajstić information content (AvgIpc) is 2.80. The summed E-state index contributed by atoms with van der Waals surface area (Å²) in [4.78, 5) is 26.0. The average molecular weight is 240 g/mol. The second kappa shape index (κ2) is 4.21. The van der Waals surface area contributed by atoms with Crippen molar-refractivity contribution in [3.63, 3.8) is 0 Å². The van der Waals surface area contributed by atoms with Crippen LogP contribution in [0.2, 0.25) is 0 Å². The molecule has 2 unspecified atom stereocenters. The molecular weight excluding hydrogens is 228 g/mol. The van der Waals surface area contributed by atoms with Crippen molar-refractivity contribution in [1.29, 1.82) is 0 Å². The molecule has 1 aromatic heterocycles. The maximum Gasteiger partial charge on any atom is 0.355 e. The molecule has 1 saturated carbocycles. The molecule has 6 heteroatoms. The third kappa shape index (κ3) is 2.21. The Bertz CT molecular complexity index is 429. The van der Waals surface area contributed by atoms with E-state index in [-0.39, 0.29) is 22.7 Å². The Morgan fingerprint density at radius 3 is 2.94 bits per heavy atom. The Labute approximate surface area is 96.5 Å². The summed E-state index contributed by atoms with van der Waals surface area (Å²) in [5, 5.41) is 13.1. The summed E-state index contributed by atoms with van der Waals surface area (Å²) in [5.41, 5.74) is -0.0713. The quantitative estimate of drug-likeness (QED) is 0.833. The molecule has 0 bridgehead atoms. The Morgan fingerprint density at radius 1 is 1.69 bits per heavy atom. The van der Waals surface area contributed by atoms with Gasteiger partial charge in [-0.2, -0.15) is 0 Å². The summed E-state index contributed by atoms with van der Waals surface area (Å²) < 4.78 is 0. The number of aromatic nitrogens is 1. The highest BCUT2D eigenvalue weighted by Gasteiger charge is 2.37. The lowest BCUT2D eigenvalue weighted by atomic mass is 10.3. The van der Waals surface area contributed by atoms with Crippen LogP contribution in [0.1, 0.15) is 40.1 Å². The van der Waals surface area contributed by atoms with E-state index in [4.69, 9.17) is 5.11 Å². The van der Waals surface area contributed by atoms with E-state index in [0.29, 0.717) is 5.92 Å². The van der Waals surface area contributed by atoms with Crippen molar-refractivity contribution in [3.8, 4) is 0 Å². The summed E-state index contributed by atoms with van der Waals surface area (Å²) in [6.45, 7) is 2.09. The van der Waals surface area contributed by atoms with Gasteiger partial charge in [0.25, 0.3) is 5.91 Å². The van der Waals surface area contributed by atoms with E-state index < -0.39 is 5.97 Å². The van der Waals surface area contributed by atoms with Crippen LogP contribution >= 0.6 is 11.3 Å². The lowest BCUT2D eigenvalue weighted by molar-refractivity contribution is 0.0691. The van der Waals surface area contributed by atoms with Gasteiger partial charge in [0.1, 0.15) is 0 Å². The van der Waals surface area contributed by atoms with Crippen LogP contribution in [0.5, 0.6) is 0 Å². The van der Waals surface area contributed by atoms with Gasteiger partial charge in [-0.15, -0.1) is 11.3 Å². The van der Waals surface area contributed by atoms with E-state index in [0.717, 1.165) is 24.2 Å². The molecule has 2 N–H and O–H groups in total. The van der Waals surface area contributed by atoms with Gasteiger partial charge in [0.05, 0.1) is 0 Å². The van der Waals surface area contributed by atoms with Gasteiger partial charge in [-0.1, -0.05) is 13.3 Å². The minimum Gasteiger partial charge on any atom is -0.476 e. The largest absolute Gasteiger partial charge is 0.476 e. The summed E-state index contributed by atoms with van der Waals surface area (Å²) >= 11 is 1.06. The summed E-state index contributed by atoms with van der Waals surface area (Å²) in [7, 11) is 0. The van der Waals surface area contributed by atoms with E-state index in [9.17, 15) is 9.59 Å². The topological polar surface area (TPSA) is 79.3 Å². The van der Waals surface area contributed by atoms with Crippen molar-refractivity contribution in [2.24, 2.45) is 5.92 Å². The van der Waals surface area contributed by atoms with Crippen LogP contribution in [0.15, 0.2) is 5.38 Å². The lowest BCUT2D eigenvalue weighted by Crippen LogP contribution is -2.26. The molecule has 86 valence electrons. The molecule has 2 atom stereocenters. The molecule has 0 saturated heterocycles. The smallest absolute Gasteiger partial charge is 0.355 e. The number of aromatic carboxylic acids is 1. The molecule has 0 aliphatic heterocycles. The number of nitrogens with zero attached hydrogens (tertiary/aromatic N) is 1. The molecule has 16 heavy (non-hydrogen) atoms. The summed E-state index contributed by atoms with van der Waals surface area (Å²) in [6.07, 6.45) is 2.07. The first-order chi connectivity index (χ1) is 7.61. The van der Waals surface area contributed by atoms with Gasteiger partial charge in [0.2, 0.25) is 0 Å². The first-order valence-corrected chi connectivity index (χ1v) is 5.99. The maximum atomic E-state index is 11.6. The highest BCUT2D eigenvalue weighted by Crippen LogP contribution is 2.33. The molecule has 0 aromatic carbocycles. The second-order valence-corrected chi connectivity index (χ2v) is 4.69. The van der Waals surface area contributed by atoms with Gasteiger partial charge in [0, 0.05) is 11.4 Å². The normalized spacial score (nSPS) is 22.8. The fourth-order valence-electron chi connectivity index (χ4n) is 1.58. The molecule has 1 aliphatic rings. The molecule has 5 nitrogen and oxygen atoms in total. The summed E-state index contributed by atoms with van der Waals surface area (Å²) in [5.74, 6) is -0.797. The van der Waals surface area contributed by atoms with Crippen molar-refractivity contribution in [2.45, 2.75) is 25.8 Å². The monoisotopic (exact) mass is 240 g/mol. The standard InChI is InChI=1S/C10H12N2O3S/c1-2-5-3-6(5)11-8(13)9-12-7(4-16-9)10(14)15/h4-6H,2-3H2,1H3,(H,11,13)(H,14,15). The molecule has 2 rings (SSSR count). The lowest BCUT2D eigenvalue weighted by Gasteiger charge is -1.99. The van der Waals surface area contributed by atoms with E-state index in [1.807, 2.05) is 0 Å². The van der Waals surface area contributed by atoms with E-state index in [1.165, 1.54) is 5.38 Å². The van der Waals surface area contributed by atoms with Crippen molar-refractivity contribution in [1.82, 2.24) is 10.3 Å². The van der Waals surface area contributed by atoms with Gasteiger partial charge in [-0.3, -0.25) is 4.79 Å². The SMILES string of the molecule is CCC1CC1NC(=O)c1nc(C(=O)O)cs1. The predicted molar refractivity (Wildman–Crippen MR) is 58.7 cm³/mol. The zero-order chi connectivity index (χ0) is 11.7. The maximum absolute atomic E-state index is 11.6. The number of carbonyl (C=O) groups excluding carboxylic acids is 1. The number of carboxylic acid groups (broad SMARTS) is 1. The van der Waals surface area contributed by atoms with Gasteiger partial charge in [0.15, 0.2) is 10.7 Å². The number of hydrogen-bond donors (Lipinski definition) is 2. The number of thiazole rings is 1. The number of amides is 1. The molecule has 0 spiro atoms. The van der Waals surface area contributed by atoms with Gasteiger partial charge < -0.3 is 10.4 Å². The van der Waals surface area contributed by atoms with Crippen LogP contribution in [0.4, 0.5) is 0 Å². The number of carbonyl (C=O) groups is 2. The Kier molecular flexibility index (Phi) is 2.91. The Balaban J connectivity index is 1.96. The predicted octanol–water partition coefficient (Wildman–Crippen LogP) is 1.37. The fraction of sp³-hybridized carbons (Fsp3) is 0.500. The zero-order valence-electron chi connectivity index (χ0n) is 8.77. The van der Waals surface area contributed by atoms with Crippen LogP contribution in [0.25, 0.3) is 0 Å². The molecule has 0 radical (unpaired) electrons.